The molecule has 0 unspecified atom stereocenters. The number of fused-ring (bicyclic) bond motifs is 1. The Bertz CT molecular complexity index is 984. The van der Waals surface area contributed by atoms with E-state index in [2.05, 4.69) is 9.97 Å². The number of ether oxygens (including phenoxy) is 1. The number of esters is 1. The zero-order valence-corrected chi connectivity index (χ0v) is 15.8. The summed E-state index contributed by atoms with van der Waals surface area (Å²) in [4.78, 5) is 33.3. The highest BCUT2D eigenvalue weighted by molar-refractivity contribution is 8.01. The number of carboxylic acid groups (broad SMARTS) is 1. The number of benzene rings is 1. The number of aromatic nitrogens is 2. The van der Waals surface area contributed by atoms with Crippen molar-refractivity contribution in [3.05, 3.63) is 46.6 Å². The van der Waals surface area contributed by atoms with Gasteiger partial charge < -0.3 is 9.84 Å². The van der Waals surface area contributed by atoms with Gasteiger partial charge in [0.2, 0.25) is 0 Å². The second kappa shape index (κ2) is 7.84. The normalized spacial score (nSPS) is 10.8. The molecule has 3 aromatic rings. The van der Waals surface area contributed by atoms with Crippen molar-refractivity contribution in [3.63, 3.8) is 0 Å². The molecule has 0 saturated heterocycles. The summed E-state index contributed by atoms with van der Waals surface area (Å²) in [6.45, 7) is 3.97. The lowest BCUT2D eigenvalue weighted by molar-refractivity contribution is -0.142. The number of thiazole rings is 1. The minimum Gasteiger partial charge on any atom is -0.477 e. The predicted octanol–water partition coefficient (Wildman–Crippen LogP) is 3.95. The number of hydrogen-bond acceptors (Lipinski definition) is 7. The van der Waals surface area contributed by atoms with Crippen LogP contribution in [0.3, 0.4) is 0 Å². The molecule has 1 N–H and O–H groups in total. The SMILES string of the molecule is CCOC(=O)Cc1sc(Sc2cc(C(=O)O)nc3ccccc23)nc1C. The molecule has 8 heteroatoms. The zero-order chi connectivity index (χ0) is 18.7. The van der Waals surface area contributed by atoms with E-state index in [1.54, 1.807) is 19.1 Å². The summed E-state index contributed by atoms with van der Waals surface area (Å²) in [5, 5.41) is 10.2. The van der Waals surface area contributed by atoms with Crippen molar-refractivity contribution in [1.82, 2.24) is 9.97 Å². The number of aryl methyl sites for hydroxylation is 1. The first-order valence-corrected chi connectivity index (χ1v) is 9.54. The number of carbonyl (C=O) groups is 2. The standard InChI is InChI=1S/C18H16N2O4S2/c1-3-24-16(21)9-14-10(2)19-18(25-14)26-15-8-13(17(22)23)20-12-7-5-4-6-11(12)15/h4-8H,3,9H2,1-2H3,(H,22,23). The third kappa shape index (κ3) is 4.03. The Kier molecular flexibility index (Phi) is 5.53. The van der Waals surface area contributed by atoms with Gasteiger partial charge in [0.15, 0.2) is 4.34 Å². The highest BCUT2D eigenvalue weighted by Gasteiger charge is 2.16. The fourth-order valence-electron chi connectivity index (χ4n) is 2.38. The fraction of sp³-hybridized carbons (Fsp3) is 0.222. The number of hydrogen-bond donors (Lipinski definition) is 1. The van der Waals surface area contributed by atoms with E-state index >= 15 is 0 Å². The third-order valence-electron chi connectivity index (χ3n) is 3.58. The Hall–Kier alpha value is -2.45. The summed E-state index contributed by atoms with van der Waals surface area (Å²) in [7, 11) is 0. The van der Waals surface area contributed by atoms with Crippen molar-refractivity contribution in [2.45, 2.75) is 29.5 Å². The van der Waals surface area contributed by atoms with Crippen molar-refractivity contribution in [2.24, 2.45) is 0 Å². The Balaban J connectivity index is 1.94. The monoisotopic (exact) mass is 388 g/mol. The maximum Gasteiger partial charge on any atom is 0.354 e. The van der Waals surface area contributed by atoms with Gasteiger partial charge in [-0.1, -0.05) is 30.0 Å². The second-order valence-electron chi connectivity index (χ2n) is 5.40. The molecule has 0 spiro atoms. The minimum absolute atomic E-state index is 0.00812. The van der Waals surface area contributed by atoms with Crippen molar-refractivity contribution in [3.8, 4) is 0 Å². The third-order valence-corrected chi connectivity index (χ3v) is 5.85. The van der Waals surface area contributed by atoms with Gasteiger partial charge in [0, 0.05) is 15.2 Å². The highest BCUT2D eigenvalue weighted by Crippen LogP contribution is 2.37. The molecule has 0 radical (unpaired) electrons. The topological polar surface area (TPSA) is 89.4 Å². The number of rotatable bonds is 6. The molecule has 0 amide bonds. The number of pyridine rings is 1. The summed E-state index contributed by atoms with van der Waals surface area (Å²) < 4.78 is 5.73. The maximum atomic E-state index is 11.7. The molecular weight excluding hydrogens is 372 g/mol. The molecule has 0 atom stereocenters. The van der Waals surface area contributed by atoms with Crippen LogP contribution in [0.25, 0.3) is 10.9 Å². The predicted molar refractivity (Wildman–Crippen MR) is 100 cm³/mol. The zero-order valence-electron chi connectivity index (χ0n) is 14.2. The van der Waals surface area contributed by atoms with Crippen LogP contribution in [0.4, 0.5) is 0 Å². The summed E-state index contributed by atoms with van der Waals surface area (Å²) in [5.74, 6) is -1.35. The number of carbonyl (C=O) groups excluding carboxylic acids is 1. The average molecular weight is 388 g/mol. The van der Waals surface area contributed by atoms with E-state index in [1.807, 2.05) is 25.1 Å². The fourth-order valence-corrected chi connectivity index (χ4v) is 4.72. The molecule has 6 nitrogen and oxygen atoms in total. The lowest BCUT2D eigenvalue weighted by atomic mass is 10.2. The molecule has 0 aliphatic carbocycles. The van der Waals surface area contributed by atoms with Crippen LogP contribution in [-0.2, 0) is 16.0 Å². The molecule has 0 bridgehead atoms. The second-order valence-corrected chi connectivity index (χ2v) is 7.77. The van der Waals surface area contributed by atoms with Crippen LogP contribution in [0.15, 0.2) is 39.6 Å². The average Bonchev–Trinajstić information content (AvgIpc) is 2.94. The van der Waals surface area contributed by atoms with Gasteiger partial charge in [-0.3, -0.25) is 4.79 Å². The molecule has 3 rings (SSSR count). The lowest BCUT2D eigenvalue weighted by Gasteiger charge is -2.05. The summed E-state index contributed by atoms with van der Waals surface area (Å²) in [6.07, 6.45) is 0.190. The van der Waals surface area contributed by atoms with E-state index in [9.17, 15) is 14.7 Å². The number of nitrogens with zero attached hydrogens (tertiary/aromatic N) is 2. The molecule has 2 aromatic heterocycles. The van der Waals surface area contributed by atoms with Gasteiger partial charge in [-0.25, -0.2) is 14.8 Å². The quantitative estimate of drug-likeness (QED) is 0.639. The molecule has 0 fully saturated rings. The van der Waals surface area contributed by atoms with E-state index in [-0.39, 0.29) is 18.1 Å². The minimum atomic E-state index is -1.07. The first-order valence-electron chi connectivity index (χ1n) is 7.90. The van der Waals surface area contributed by atoms with Gasteiger partial charge >= 0.3 is 11.9 Å². The van der Waals surface area contributed by atoms with Crippen molar-refractivity contribution in [2.75, 3.05) is 6.61 Å². The molecule has 0 saturated carbocycles. The van der Waals surface area contributed by atoms with Gasteiger partial charge in [-0.05, 0) is 26.0 Å². The van der Waals surface area contributed by atoms with Crippen LogP contribution in [0.2, 0.25) is 0 Å². The van der Waals surface area contributed by atoms with Crippen LogP contribution in [0, 0.1) is 6.92 Å². The van der Waals surface area contributed by atoms with Gasteiger partial charge in [-0.2, -0.15) is 0 Å². The Morgan fingerprint density at radius 2 is 2.04 bits per heavy atom. The van der Waals surface area contributed by atoms with E-state index in [4.69, 9.17) is 4.74 Å². The highest BCUT2D eigenvalue weighted by atomic mass is 32.2. The van der Waals surface area contributed by atoms with Crippen LogP contribution < -0.4 is 0 Å². The van der Waals surface area contributed by atoms with Gasteiger partial charge in [-0.15, -0.1) is 11.3 Å². The van der Waals surface area contributed by atoms with Crippen molar-refractivity contribution < 1.29 is 19.4 Å². The number of carboxylic acids is 1. The van der Waals surface area contributed by atoms with Crippen molar-refractivity contribution in [1.29, 1.82) is 0 Å². The Morgan fingerprint density at radius 3 is 2.77 bits per heavy atom. The van der Waals surface area contributed by atoms with Crippen molar-refractivity contribution >= 4 is 45.9 Å². The first-order chi connectivity index (χ1) is 12.5. The Labute approximate surface area is 158 Å². The summed E-state index contributed by atoms with van der Waals surface area (Å²) >= 11 is 2.79. The first kappa shape index (κ1) is 18.3. The molecule has 0 aliphatic heterocycles. The lowest BCUT2D eigenvalue weighted by Crippen LogP contribution is -2.07. The molecule has 134 valence electrons. The summed E-state index contributed by atoms with van der Waals surface area (Å²) in [5.41, 5.74) is 1.39. The largest absolute Gasteiger partial charge is 0.477 e. The maximum absolute atomic E-state index is 11.7. The number of para-hydroxylation sites is 1. The van der Waals surface area contributed by atoms with Gasteiger partial charge in [0.05, 0.1) is 24.2 Å². The van der Waals surface area contributed by atoms with Gasteiger partial charge in [0.1, 0.15) is 5.69 Å². The summed E-state index contributed by atoms with van der Waals surface area (Å²) in [6, 6.07) is 8.94. The van der Waals surface area contributed by atoms with E-state index in [1.165, 1.54) is 23.1 Å². The van der Waals surface area contributed by atoms with Crippen LogP contribution >= 0.6 is 23.1 Å². The molecule has 2 heterocycles. The molecule has 1 aromatic carbocycles. The molecule has 0 aliphatic rings. The van der Waals surface area contributed by atoms with Crippen LogP contribution in [-0.4, -0.2) is 33.6 Å². The van der Waals surface area contributed by atoms with E-state index in [0.29, 0.717) is 12.1 Å². The molecule has 26 heavy (non-hydrogen) atoms. The van der Waals surface area contributed by atoms with E-state index in [0.717, 1.165) is 25.2 Å². The number of aromatic carboxylic acids is 1. The molecular formula is C18H16N2O4S2. The van der Waals surface area contributed by atoms with E-state index < -0.39 is 5.97 Å². The van der Waals surface area contributed by atoms with Crippen LogP contribution in [0.1, 0.15) is 28.0 Å². The smallest absolute Gasteiger partial charge is 0.354 e. The van der Waals surface area contributed by atoms with Gasteiger partial charge in [0.25, 0.3) is 0 Å². The van der Waals surface area contributed by atoms with Crippen LogP contribution in [0.5, 0.6) is 0 Å². The Morgan fingerprint density at radius 1 is 1.27 bits per heavy atom.